The van der Waals surface area contributed by atoms with Crippen LogP contribution in [-0.2, 0) is 0 Å². The van der Waals surface area contributed by atoms with Crippen molar-refractivity contribution in [3.63, 3.8) is 0 Å². The first-order chi connectivity index (χ1) is 10.5. The fourth-order valence-corrected chi connectivity index (χ4v) is 2.28. The molecular formula is C17H16N4O. The summed E-state index contributed by atoms with van der Waals surface area (Å²) in [6.45, 7) is 3.92. The fraction of sp³-hybridized carbons (Fsp3) is 0.118. The Kier molecular flexibility index (Phi) is 3.47. The van der Waals surface area contributed by atoms with E-state index in [4.69, 9.17) is 5.73 Å². The summed E-state index contributed by atoms with van der Waals surface area (Å²) < 4.78 is 1.15. The molecule has 0 aliphatic rings. The van der Waals surface area contributed by atoms with E-state index in [1.165, 1.54) is 0 Å². The Hall–Kier alpha value is -2.95. The largest absolute Gasteiger partial charge is 0.368 e. The minimum absolute atomic E-state index is 0.0861. The van der Waals surface area contributed by atoms with Crippen molar-refractivity contribution in [1.29, 1.82) is 0 Å². The SMILES string of the molecule is Cc1cccc(C(=O)n2nc(-c3cccc(C)c3)nc2N)c1. The minimum atomic E-state index is -0.285. The van der Waals surface area contributed by atoms with Crippen LogP contribution in [0.15, 0.2) is 48.5 Å². The summed E-state index contributed by atoms with van der Waals surface area (Å²) in [6.07, 6.45) is 0. The molecule has 0 aliphatic carbocycles. The van der Waals surface area contributed by atoms with Gasteiger partial charge in [-0.1, -0.05) is 41.5 Å². The highest BCUT2D eigenvalue weighted by atomic mass is 16.2. The van der Waals surface area contributed by atoms with Crippen molar-refractivity contribution < 1.29 is 4.79 Å². The van der Waals surface area contributed by atoms with Crippen molar-refractivity contribution in [1.82, 2.24) is 14.8 Å². The van der Waals surface area contributed by atoms with Gasteiger partial charge < -0.3 is 5.73 Å². The molecule has 0 amide bonds. The summed E-state index contributed by atoms with van der Waals surface area (Å²) in [4.78, 5) is 16.7. The average Bonchev–Trinajstić information content (AvgIpc) is 2.88. The number of aryl methyl sites for hydroxylation is 2. The number of carbonyl (C=O) groups excluding carboxylic acids is 1. The predicted octanol–water partition coefficient (Wildman–Crippen LogP) is 2.83. The zero-order valence-electron chi connectivity index (χ0n) is 12.4. The molecule has 0 radical (unpaired) electrons. The van der Waals surface area contributed by atoms with Gasteiger partial charge in [-0.25, -0.2) is 0 Å². The number of nitrogens with zero attached hydrogens (tertiary/aromatic N) is 3. The normalized spacial score (nSPS) is 10.6. The number of hydrogen-bond acceptors (Lipinski definition) is 4. The molecule has 5 heteroatoms. The first-order valence-corrected chi connectivity index (χ1v) is 6.95. The van der Waals surface area contributed by atoms with Crippen molar-refractivity contribution in [3.8, 4) is 11.4 Å². The summed E-state index contributed by atoms with van der Waals surface area (Å²) in [5, 5.41) is 4.26. The van der Waals surface area contributed by atoms with Crippen LogP contribution >= 0.6 is 0 Å². The van der Waals surface area contributed by atoms with Gasteiger partial charge in [0.25, 0.3) is 5.91 Å². The molecule has 0 aliphatic heterocycles. The fourth-order valence-electron chi connectivity index (χ4n) is 2.28. The van der Waals surface area contributed by atoms with Gasteiger partial charge in [0.1, 0.15) is 0 Å². The van der Waals surface area contributed by atoms with Crippen LogP contribution in [0.25, 0.3) is 11.4 Å². The number of carbonyl (C=O) groups is 1. The van der Waals surface area contributed by atoms with Gasteiger partial charge in [-0.2, -0.15) is 9.67 Å². The number of nitrogen functional groups attached to an aromatic ring is 1. The number of aromatic nitrogens is 3. The van der Waals surface area contributed by atoms with Gasteiger partial charge in [0.05, 0.1) is 0 Å². The standard InChI is InChI=1S/C17H16N4O/c1-11-5-3-7-13(9-11)15-19-17(18)21(20-15)16(22)14-8-4-6-12(2)10-14/h3-10H,1-2H3,(H2,18,19,20). The van der Waals surface area contributed by atoms with Crippen LogP contribution in [0.5, 0.6) is 0 Å². The zero-order valence-corrected chi connectivity index (χ0v) is 12.4. The van der Waals surface area contributed by atoms with E-state index in [9.17, 15) is 4.79 Å². The van der Waals surface area contributed by atoms with Crippen molar-refractivity contribution >= 4 is 11.9 Å². The first-order valence-electron chi connectivity index (χ1n) is 6.95. The lowest BCUT2D eigenvalue weighted by Crippen LogP contribution is -2.16. The highest BCUT2D eigenvalue weighted by molar-refractivity contribution is 5.97. The molecule has 2 N–H and O–H groups in total. The second-order valence-corrected chi connectivity index (χ2v) is 5.25. The number of anilines is 1. The molecule has 110 valence electrons. The van der Waals surface area contributed by atoms with Crippen LogP contribution in [0, 0.1) is 13.8 Å². The van der Waals surface area contributed by atoms with E-state index in [1.807, 2.05) is 50.2 Å². The third-order valence-corrected chi connectivity index (χ3v) is 3.37. The molecule has 5 nitrogen and oxygen atoms in total. The predicted molar refractivity (Wildman–Crippen MR) is 85.5 cm³/mol. The smallest absolute Gasteiger partial charge is 0.281 e. The van der Waals surface area contributed by atoms with E-state index in [0.717, 1.165) is 21.4 Å². The molecule has 0 spiro atoms. The van der Waals surface area contributed by atoms with E-state index < -0.39 is 0 Å². The van der Waals surface area contributed by atoms with Gasteiger partial charge in [0, 0.05) is 11.1 Å². The number of rotatable bonds is 2. The molecule has 0 unspecified atom stereocenters. The maximum Gasteiger partial charge on any atom is 0.281 e. The number of nitrogens with two attached hydrogens (primary N) is 1. The molecule has 0 atom stereocenters. The average molecular weight is 292 g/mol. The van der Waals surface area contributed by atoms with Gasteiger partial charge in [-0.3, -0.25) is 4.79 Å². The van der Waals surface area contributed by atoms with Gasteiger partial charge in [0.15, 0.2) is 5.82 Å². The van der Waals surface area contributed by atoms with E-state index >= 15 is 0 Å². The molecule has 1 aromatic heterocycles. The molecule has 3 rings (SSSR count). The second kappa shape index (κ2) is 5.44. The molecule has 1 heterocycles. The van der Waals surface area contributed by atoms with Gasteiger partial charge in [0.2, 0.25) is 5.95 Å². The molecule has 0 fully saturated rings. The van der Waals surface area contributed by atoms with Crippen LogP contribution in [0.3, 0.4) is 0 Å². The summed E-state index contributed by atoms with van der Waals surface area (Å²) in [5.74, 6) is 0.248. The lowest BCUT2D eigenvalue weighted by Gasteiger charge is -2.02. The molecule has 0 bridgehead atoms. The third kappa shape index (κ3) is 2.61. The van der Waals surface area contributed by atoms with E-state index in [2.05, 4.69) is 10.1 Å². The Morgan fingerprint density at radius 2 is 1.73 bits per heavy atom. The lowest BCUT2D eigenvalue weighted by atomic mass is 10.1. The first kappa shape index (κ1) is 14.0. The maximum atomic E-state index is 12.5. The third-order valence-electron chi connectivity index (χ3n) is 3.37. The van der Waals surface area contributed by atoms with E-state index in [1.54, 1.807) is 12.1 Å². The van der Waals surface area contributed by atoms with Crippen molar-refractivity contribution in [2.75, 3.05) is 5.73 Å². The van der Waals surface area contributed by atoms with Crippen LogP contribution in [-0.4, -0.2) is 20.7 Å². The Labute approximate surface area is 128 Å². The highest BCUT2D eigenvalue weighted by Crippen LogP contribution is 2.18. The Balaban J connectivity index is 2.01. The molecule has 2 aromatic carbocycles. The van der Waals surface area contributed by atoms with Crippen molar-refractivity contribution in [3.05, 3.63) is 65.2 Å². The zero-order chi connectivity index (χ0) is 15.7. The quantitative estimate of drug-likeness (QED) is 0.788. The van der Waals surface area contributed by atoms with Gasteiger partial charge >= 0.3 is 0 Å². The van der Waals surface area contributed by atoms with Gasteiger partial charge in [-0.05, 0) is 32.0 Å². The summed E-state index contributed by atoms with van der Waals surface area (Å²) in [5.41, 5.74) is 9.33. The second-order valence-electron chi connectivity index (χ2n) is 5.25. The van der Waals surface area contributed by atoms with E-state index in [0.29, 0.717) is 11.4 Å². The monoisotopic (exact) mass is 292 g/mol. The highest BCUT2D eigenvalue weighted by Gasteiger charge is 2.16. The number of benzene rings is 2. The van der Waals surface area contributed by atoms with Crippen LogP contribution in [0.1, 0.15) is 21.5 Å². The summed E-state index contributed by atoms with van der Waals surface area (Å²) in [6, 6.07) is 15.1. The van der Waals surface area contributed by atoms with E-state index in [-0.39, 0.29) is 11.9 Å². The summed E-state index contributed by atoms with van der Waals surface area (Å²) in [7, 11) is 0. The molecule has 0 saturated carbocycles. The number of hydrogen-bond donors (Lipinski definition) is 1. The van der Waals surface area contributed by atoms with Crippen molar-refractivity contribution in [2.24, 2.45) is 0 Å². The summed E-state index contributed by atoms with van der Waals surface area (Å²) >= 11 is 0. The Bertz CT molecular complexity index is 851. The molecule has 22 heavy (non-hydrogen) atoms. The molecular weight excluding hydrogens is 276 g/mol. The minimum Gasteiger partial charge on any atom is -0.368 e. The molecule has 0 saturated heterocycles. The van der Waals surface area contributed by atoms with Gasteiger partial charge in [-0.15, -0.1) is 5.10 Å². The molecule has 3 aromatic rings. The lowest BCUT2D eigenvalue weighted by molar-refractivity contribution is 0.0948. The maximum absolute atomic E-state index is 12.5. The Morgan fingerprint density at radius 1 is 1.05 bits per heavy atom. The van der Waals surface area contributed by atoms with Crippen LogP contribution in [0.4, 0.5) is 5.95 Å². The Morgan fingerprint density at radius 3 is 2.41 bits per heavy atom. The topological polar surface area (TPSA) is 73.8 Å². The van der Waals surface area contributed by atoms with Crippen LogP contribution in [0.2, 0.25) is 0 Å². The van der Waals surface area contributed by atoms with Crippen molar-refractivity contribution in [2.45, 2.75) is 13.8 Å². The van der Waals surface area contributed by atoms with Crippen LogP contribution < -0.4 is 5.73 Å².